The lowest BCUT2D eigenvalue weighted by atomic mass is 10.5. The molecule has 0 aliphatic carbocycles. The lowest BCUT2D eigenvalue weighted by Crippen LogP contribution is -2.00. The average molecular weight is 209 g/mol. The molecule has 0 bridgehead atoms. The van der Waals surface area contributed by atoms with Gasteiger partial charge in [-0.2, -0.15) is 0 Å². The van der Waals surface area contributed by atoms with Crippen LogP contribution in [0.15, 0.2) is 12.8 Å². The Bertz CT molecular complexity index is 76.0. The van der Waals surface area contributed by atoms with Gasteiger partial charge in [0.15, 0.2) is 0 Å². The fourth-order valence-electron chi connectivity index (χ4n) is 0.484. The molecule has 3 heteroatoms. The maximum absolute atomic E-state index is 5.17. The molecule has 0 saturated heterocycles. The first-order valence-corrected chi connectivity index (χ1v) is 4.40. The van der Waals surface area contributed by atoms with E-state index in [-0.39, 0.29) is 0 Å². The van der Waals surface area contributed by atoms with E-state index in [9.17, 15) is 0 Å². The standard InChI is InChI=1S/C7H13BrO2/c1-2-9-5-3-6-10-7-4-8/h2H,1,3-7H2. The van der Waals surface area contributed by atoms with Gasteiger partial charge in [0.25, 0.3) is 0 Å². The smallest absolute Gasteiger partial charge is 0.0895 e. The minimum Gasteiger partial charge on any atom is -0.502 e. The van der Waals surface area contributed by atoms with Crippen molar-refractivity contribution in [1.29, 1.82) is 0 Å². The van der Waals surface area contributed by atoms with Gasteiger partial charge in [-0.05, 0) is 0 Å². The summed E-state index contributed by atoms with van der Waals surface area (Å²) in [6.45, 7) is 5.66. The Morgan fingerprint density at radius 3 is 2.70 bits per heavy atom. The first-order valence-electron chi connectivity index (χ1n) is 3.28. The Morgan fingerprint density at radius 1 is 1.30 bits per heavy atom. The van der Waals surface area contributed by atoms with E-state index in [1.165, 1.54) is 6.26 Å². The van der Waals surface area contributed by atoms with Crippen molar-refractivity contribution in [3.63, 3.8) is 0 Å². The lowest BCUT2D eigenvalue weighted by Gasteiger charge is -2.00. The van der Waals surface area contributed by atoms with Crippen LogP contribution >= 0.6 is 15.9 Å². The molecule has 2 nitrogen and oxygen atoms in total. The third kappa shape index (κ3) is 7.98. The van der Waals surface area contributed by atoms with Crippen LogP contribution in [0.25, 0.3) is 0 Å². The summed E-state index contributed by atoms with van der Waals surface area (Å²) in [5.41, 5.74) is 0. The molecule has 0 aromatic rings. The first-order chi connectivity index (χ1) is 4.91. The molecule has 0 rings (SSSR count). The molecule has 0 amide bonds. The Kier molecular flexibility index (Phi) is 8.96. The zero-order chi connectivity index (χ0) is 7.66. The minimum atomic E-state index is 0.700. The van der Waals surface area contributed by atoms with E-state index in [1.54, 1.807) is 0 Å². The summed E-state index contributed by atoms with van der Waals surface area (Å²) in [5.74, 6) is 0. The number of hydrogen-bond acceptors (Lipinski definition) is 2. The normalized spacial score (nSPS) is 9.30. The Labute approximate surface area is 70.3 Å². The van der Waals surface area contributed by atoms with Crippen molar-refractivity contribution < 1.29 is 9.47 Å². The van der Waals surface area contributed by atoms with Crippen molar-refractivity contribution in [2.75, 3.05) is 25.2 Å². The molecule has 0 saturated carbocycles. The van der Waals surface area contributed by atoms with E-state index in [0.717, 1.165) is 25.0 Å². The molecule has 0 aromatic heterocycles. The van der Waals surface area contributed by atoms with Gasteiger partial charge in [0, 0.05) is 18.4 Å². The highest BCUT2D eigenvalue weighted by Gasteiger charge is 1.86. The molecule has 0 unspecified atom stereocenters. The van der Waals surface area contributed by atoms with E-state index in [2.05, 4.69) is 22.5 Å². The van der Waals surface area contributed by atoms with Crippen LogP contribution in [0.5, 0.6) is 0 Å². The van der Waals surface area contributed by atoms with Crippen molar-refractivity contribution in [2.45, 2.75) is 6.42 Å². The van der Waals surface area contributed by atoms with Crippen LogP contribution in [0.3, 0.4) is 0 Å². The SMILES string of the molecule is C=COCCCOCCBr. The fraction of sp³-hybridized carbons (Fsp3) is 0.714. The molecular weight excluding hydrogens is 196 g/mol. The second-order valence-electron chi connectivity index (χ2n) is 1.69. The quantitative estimate of drug-likeness (QED) is 0.362. The summed E-state index contributed by atoms with van der Waals surface area (Å²) in [6, 6.07) is 0. The van der Waals surface area contributed by atoms with Gasteiger partial charge in [0.05, 0.1) is 19.5 Å². The predicted octanol–water partition coefficient (Wildman–Crippen LogP) is 1.95. The Morgan fingerprint density at radius 2 is 2.10 bits per heavy atom. The van der Waals surface area contributed by atoms with Crippen molar-refractivity contribution in [3.05, 3.63) is 12.8 Å². The summed E-state index contributed by atoms with van der Waals surface area (Å²) >= 11 is 3.26. The van der Waals surface area contributed by atoms with Gasteiger partial charge in [0.2, 0.25) is 0 Å². The molecule has 0 aliphatic rings. The van der Waals surface area contributed by atoms with Crippen LogP contribution in [-0.4, -0.2) is 25.2 Å². The number of hydrogen-bond donors (Lipinski definition) is 0. The molecule has 0 fully saturated rings. The largest absolute Gasteiger partial charge is 0.502 e. The molecule has 0 spiro atoms. The molecule has 10 heavy (non-hydrogen) atoms. The van der Waals surface area contributed by atoms with Crippen molar-refractivity contribution in [1.82, 2.24) is 0 Å². The third-order valence-corrected chi connectivity index (χ3v) is 1.21. The number of ether oxygens (including phenoxy) is 2. The van der Waals surface area contributed by atoms with Crippen LogP contribution in [0.4, 0.5) is 0 Å². The van der Waals surface area contributed by atoms with E-state index in [4.69, 9.17) is 9.47 Å². The van der Waals surface area contributed by atoms with Crippen molar-refractivity contribution >= 4 is 15.9 Å². The molecule has 0 radical (unpaired) electrons. The molecule has 0 heterocycles. The van der Waals surface area contributed by atoms with Gasteiger partial charge in [-0.1, -0.05) is 22.5 Å². The highest BCUT2D eigenvalue weighted by atomic mass is 79.9. The summed E-state index contributed by atoms with van der Waals surface area (Å²) in [5, 5.41) is 0.898. The Hall–Kier alpha value is -0.0200. The van der Waals surface area contributed by atoms with Crippen LogP contribution in [0.2, 0.25) is 0 Å². The zero-order valence-electron chi connectivity index (χ0n) is 6.01. The van der Waals surface area contributed by atoms with Crippen LogP contribution in [0, 0.1) is 0 Å². The van der Waals surface area contributed by atoms with E-state index < -0.39 is 0 Å². The van der Waals surface area contributed by atoms with Gasteiger partial charge in [0.1, 0.15) is 0 Å². The van der Waals surface area contributed by atoms with Crippen molar-refractivity contribution in [2.24, 2.45) is 0 Å². The average Bonchev–Trinajstić information content (AvgIpc) is 1.97. The van der Waals surface area contributed by atoms with E-state index in [0.29, 0.717) is 6.61 Å². The Balaban J connectivity index is 2.70. The number of alkyl halides is 1. The van der Waals surface area contributed by atoms with Crippen LogP contribution in [-0.2, 0) is 9.47 Å². The summed E-state index contributed by atoms with van der Waals surface area (Å²) in [7, 11) is 0. The predicted molar refractivity (Wildman–Crippen MR) is 45.4 cm³/mol. The van der Waals surface area contributed by atoms with Gasteiger partial charge in [-0.25, -0.2) is 0 Å². The maximum atomic E-state index is 5.17. The molecule has 0 aromatic carbocycles. The number of rotatable bonds is 7. The topological polar surface area (TPSA) is 18.5 Å². The lowest BCUT2D eigenvalue weighted by molar-refractivity contribution is 0.124. The van der Waals surface area contributed by atoms with Gasteiger partial charge in [-0.3, -0.25) is 0 Å². The van der Waals surface area contributed by atoms with Crippen molar-refractivity contribution in [3.8, 4) is 0 Å². The highest BCUT2D eigenvalue weighted by molar-refractivity contribution is 9.09. The molecule has 0 atom stereocenters. The van der Waals surface area contributed by atoms with Crippen LogP contribution < -0.4 is 0 Å². The van der Waals surface area contributed by atoms with E-state index >= 15 is 0 Å². The second kappa shape index (κ2) is 8.98. The molecule has 0 N–H and O–H groups in total. The zero-order valence-corrected chi connectivity index (χ0v) is 7.60. The van der Waals surface area contributed by atoms with Gasteiger partial charge < -0.3 is 9.47 Å². The van der Waals surface area contributed by atoms with E-state index in [1.807, 2.05) is 0 Å². The number of halogens is 1. The first kappa shape index (κ1) is 9.98. The summed E-state index contributed by atoms with van der Waals surface area (Å²) < 4.78 is 10.1. The monoisotopic (exact) mass is 208 g/mol. The molecule has 0 aliphatic heterocycles. The maximum Gasteiger partial charge on any atom is 0.0895 e. The van der Waals surface area contributed by atoms with Gasteiger partial charge in [-0.15, -0.1) is 0 Å². The fourth-order valence-corrected chi connectivity index (χ4v) is 0.713. The molecule has 60 valence electrons. The highest BCUT2D eigenvalue weighted by Crippen LogP contribution is 1.86. The molecular formula is C7H13BrO2. The summed E-state index contributed by atoms with van der Waals surface area (Å²) in [6.07, 6.45) is 2.38. The second-order valence-corrected chi connectivity index (χ2v) is 2.49. The van der Waals surface area contributed by atoms with Gasteiger partial charge >= 0.3 is 0 Å². The third-order valence-electron chi connectivity index (χ3n) is 0.890. The summed E-state index contributed by atoms with van der Waals surface area (Å²) in [4.78, 5) is 0. The van der Waals surface area contributed by atoms with Crippen LogP contribution in [0.1, 0.15) is 6.42 Å². The minimum absolute atomic E-state index is 0.700.